The molecule has 0 unspecified atom stereocenters. The molecule has 2 N–H and O–H groups in total. The van der Waals surface area contributed by atoms with Crippen molar-refractivity contribution in [3.05, 3.63) is 17.8 Å². The van der Waals surface area contributed by atoms with E-state index in [9.17, 15) is 4.79 Å². The number of likely N-dealkylation sites (N-methyl/N-ethyl adjacent to an activating group) is 1. The number of aromatic nitrogens is 1. The molecule has 0 atom stereocenters. The van der Waals surface area contributed by atoms with Crippen LogP contribution in [-0.4, -0.2) is 24.0 Å². The third-order valence-electron chi connectivity index (χ3n) is 1.89. The van der Waals surface area contributed by atoms with Crippen molar-refractivity contribution in [3.63, 3.8) is 0 Å². The van der Waals surface area contributed by atoms with Gasteiger partial charge in [0, 0.05) is 13.0 Å². The Morgan fingerprint density at radius 1 is 1.53 bits per heavy atom. The predicted octanol–water partition coefficient (Wildman–Crippen LogP) is 0.463. The molecule has 84 valence electrons. The molecular formula is C10H17N3O2. The summed E-state index contributed by atoms with van der Waals surface area (Å²) in [6.07, 6.45) is 2.55. The van der Waals surface area contributed by atoms with Gasteiger partial charge in [-0.15, -0.1) is 0 Å². The van der Waals surface area contributed by atoms with Crippen LogP contribution in [-0.2, 0) is 17.8 Å². The van der Waals surface area contributed by atoms with E-state index in [4.69, 9.17) is 4.42 Å². The summed E-state index contributed by atoms with van der Waals surface area (Å²) in [5.41, 5.74) is 0. The number of carbonyl (C=O) groups excluding carboxylic acids is 1. The molecule has 0 aliphatic heterocycles. The van der Waals surface area contributed by atoms with Crippen LogP contribution in [0.5, 0.6) is 0 Å². The fraction of sp³-hybridized carbons (Fsp3) is 0.600. The molecular weight excluding hydrogens is 194 g/mol. The van der Waals surface area contributed by atoms with Crippen molar-refractivity contribution in [1.82, 2.24) is 15.6 Å². The largest absolute Gasteiger partial charge is 0.444 e. The van der Waals surface area contributed by atoms with E-state index in [1.54, 1.807) is 6.20 Å². The second-order valence-corrected chi connectivity index (χ2v) is 3.13. The van der Waals surface area contributed by atoms with Crippen molar-refractivity contribution in [2.24, 2.45) is 0 Å². The smallest absolute Gasteiger partial charge is 0.233 e. The van der Waals surface area contributed by atoms with Gasteiger partial charge in [-0.05, 0) is 6.92 Å². The summed E-state index contributed by atoms with van der Waals surface area (Å²) >= 11 is 0. The fourth-order valence-electron chi connectivity index (χ4n) is 1.14. The van der Waals surface area contributed by atoms with Gasteiger partial charge in [-0.1, -0.05) is 6.92 Å². The lowest BCUT2D eigenvalue weighted by atomic mass is 10.4. The summed E-state index contributed by atoms with van der Waals surface area (Å²) in [5.74, 6) is 1.47. The Balaban J connectivity index is 2.22. The fourth-order valence-corrected chi connectivity index (χ4v) is 1.14. The van der Waals surface area contributed by atoms with Gasteiger partial charge in [0.2, 0.25) is 11.8 Å². The summed E-state index contributed by atoms with van der Waals surface area (Å²) in [6, 6.07) is 0. The highest BCUT2D eigenvalue weighted by Gasteiger charge is 2.03. The second-order valence-electron chi connectivity index (χ2n) is 3.13. The van der Waals surface area contributed by atoms with Gasteiger partial charge < -0.3 is 9.73 Å². The first-order valence-electron chi connectivity index (χ1n) is 5.17. The first-order valence-corrected chi connectivity index (χ1v) is 5.17. The second kappa shape index (κ2) is 6.19. The van der Waals surface area contributed by atoms with E-state index in [-0.39, 0.29) is 12.5 Å². The van der Waals surface area contributed by atoms with Gasteiger partial charge in [-0.25, -0.2) is 4.98 Å². The van der Waals surface area contributed by atoms with Crippen molar-refractivity contribution in [3.8, 4) is 0 Å². The molecule has 1 aromatic rings. The Kier molecular flexibility index (Phi) is 4.83. The summed E-state index contributed by atoms with van der Waals surface area (Å²) < 4.78 is 5.37. The maximum Gasteiger partial charge on any atom is 0.233 e. The van der Waals surface area contributed by atoms with E-state index in [2.05, 4.69) is 15.6 Å². The highest BCUT2D eigenvalue weighted by atomic mass is 16.4. The minimum absolute atomic E-state index is 0.0141. The van der Waals surface area contributed by atoms with Crippen LogP contribution in [0.3, 0.4) is 0 Å². The van der Waals surface area contributed by atoms with E-state index >= 15 is 0 Å². The molecule has 1 aromatic heterocycles. The molecule has 0 radical (unpaired) electrons. The van der Waals surface area contributed by atoms with Crippen LogP contribution in [0.15, 0.2) is 10.6 Å². The quantitative estimate of drug-likeness (QED) is 0.717. The van der Waals surface area contributed by atoms with Crippen LogP contribution in [0.25, 0.3) is 0 Å². The average molecular weight is 211 g/mol. The number of aryl methyl sites for hydroxylation is 1. The Morgan fingerprint density at radius 2 is 2.33 bits per heavy atom. The van der Waals surface area contributed by atoms with Crippen molar-refractivity contribution < 1.29 is 9.21 Å². The Morgan fingerprint density at radius 3 is 2.93 bits per heavy atom. The molecule has 5 heteroatoms. The van der Waals surface area contributed by atoms with Gasteiger partial charge in [0.05, 0.1) is 19.3 Å². The predicted molar refractivity (Wildman–Crippen MR) is 56.3 cm³/mol. The molecule has 1 amide bonds. The minimum atomic E-state index is -0.0141. The molecule has 0 aliphatic rings. The zero-order valence-corrected chi connectivity index (χ0v) is 9.17. The number of oxazole rings is 1. The number of rotatable bonds is 6. The summed E-state index contributed by atoms with van der Waals surface area (Å²) in [4.78, 5) is 15.1. The van der Waals surface area contributed by atoms with Crippen molar-refractivity contribution in [2.45, 2.75) is 26.8 Å². The summed E-state index contributed by atoms with van der Waals surface area (Å²) in [6.45, 7) is 5.32. The molecule has 0 saturated heterocycles. The van der Waals surface area contributed by atoms with E-state index in [1.165, 1.54) is 0 Å². The maximum absolute atomic E-state index is 11.1. The van der Waals surface area contributed by atoms with Crippen LogP contribution in [0, 0.1) is 0 Å². The number of carbonyl (C=O) groups is 1. The van der Waals surface area contributed by atoms with Gasteiger partial charge in [-0.2, -0.15) is 0 Å². The lowest BCUT2D eigenvalue weighted by Gasteiger charge is -2.02. The molecule has 1 heterocycles. The molecule has 0 aliphatic carbocycles. The van der Waals surface area contributed by atoms with E-state index in [1.807, 2.05) is 13.8 Å². The first-order chi connectivity index (χ1) is 7.26. The van der Waals surface area contributed by atoms with Crippen molar-refractivity contribution in [1.29, 1.82) is 0 Å². The molecule has 5 nitrogen and oxygen atoms in total. The van der Waals surface area contributed by atoms with Crippen LogP contribution in [0.2, 0.25) is 0 Å². The minimum Gasteiger partial charge on any atom is -0.444 e. The van der Waals surface area contributed by atoms with E-state index in [0.717, 1.165) is 12.2 Å². The third-order valence-corrected chi connectivity index (χ3v) is 1.89. The molecule has 1 rings (SSSR count). The Bertz CT molecular complexity index is 309. The maximum atomic E-state index is 11.1. The Labute approximate surface area is 89.3 Å². The molecule has 0 spiro atoms. The first kappa shape index (κ1) is 11.7. The standard InChI is InChI=1S/C10H17N3O2/c1-3-8-5-13-10(15-8)7-11-6-9(14)12-4-2/h5,11H,3-4,6-7H2,1-2H3,(H,12,14). The third kappa shape index (κ3) is 4.12. The Hall–Kier alpha value is -1.36. The van der Waals surface area contributed by atoms with Gasteiger partial charge in [0.25, 0.3) is 0 Å². The topological polar surface area (TPSA) is 67.2 Å². The van der Waals surface area contributed by atoms with Gasteiger partial charge >= 0.3 is 0 Å². The van der Waals surface area contributed by atoms with Crippen molar-refractivity contribution >= 4 is 5.91 Å². The van der Waals surface area contributed by atoms with Gasteiger partial charge in [-0.3, -0.25) is 10.1 Å². The van der Waals surface area contributed by atoms with Crippen LogP contribution in [0.1, 0.15) is 25.5 Å². The van der Waals surface area contributed by atoms with Crippen LogP contribution >= 0.6 is 0 Å². The number of hydrogen-bond acceptors (Lipinski definition) is 4. The zero-order chi connectivity index (χ0) is 11.1. The molecule has 15 heavy (non-hydrogen) atoms. The van der Waals surface area contributed by atoms with Crippen molar-refractivity contribution in [2.75, 3.05) is 13.1 Å². The molecule has 0 saturated carbocycles. The lowest BCUT2D eigenvalue weighted by Crippen LogP contribution is -2.33. The number of hydrogen-bond donors (Lipinski definition) is 2. The zero-order valence-electron chi connectivity index (χ0n) is 9.17. The van der Waals surface area contributed by atoms with E-state index in [0.29, 0.717) is 19.0 Å². The molecule has 0 aromatic carbocycles. The van der Waals surface area contributed by atoms with Gasteiger partial charge in [0.15, 0.2) is 0 Å². The van der Waals surface area contributed by atoms with E-state index < -0.39 is 0 Å². The van der Waals surface area contributed by atoms with Gasteiger partial charge in [0.1, 0.15) is 5.76 Å². The highest BCUT2D eigenvalue weighted by Crippen LogP contribution is 2.03. The van der Waals surface area contributed by atoms with Crippen LogP contribution < -0.4 is 10.6 Å². The summed E-state index contributed by atoms with van der Waals surface area (Å²) in [7, 11) is 0. The van der Waals surface area contributed by atoms with Crippen LogP contribution in [0.4, 0.5) is 0 Å². The monoisotopic (exact) mass is 211 g/mol. The SMILES string of the molecule is CCNC(=O)CNCc1ncc(CC)o1. The highest BCUT2D eigenvalue weighted by molar-refractivity contribution is 5.77. The number of nitrogens with one attached hydrogen (secondary N) is 2. The lowest BCUT2D eigenvalue weighted by molar-refractivity contribution is -0.120. The average Bonchev–Trinajstić information content (AvgIpc) is 2.66. The molecule has 0 fully saturated rings. The number of nitrogens with zero attached hydrogens (tertiary/aromatic N) is 1. The number of amides is 1. The summed E-state index contributed by atoms with van der Waals surface area (Å²) in [5, 5.41) is 5.65. The normalized spacial score (nSPS) is 10.3. The molecule has 0 bridgehead atoms.